The third-order valence-electron chi connectivity index (χ3n) is 4.99. The predicted octanol–water partition coefficient (Wildman–Crippen LogP) is 6.99. The lowest BCUT2D eigenvalue weighted by Crippen LogP contribution is -2.23. The first-order chi connectivity index (χ1) is 14.5. The Morgan fingerprint density at radius 1 is 0.867 bits per heavy atom. The summed E-state index contributed by atoms with van der Waals surface area (Å²) in [5, 5.41) is 1.28. The standard InChI is InChI=1S/C25H20Cl2N2O/c1-16(2)18-13-10-17(11-14-18)12-15-23-28-22-9-4-3-6-19(22)25(30)29(23)24-20(26)7-5-8-21(24)27/h3-16H,1-2H3/b15-12+. The second kappa shape index (κ2) is 8.47. The normalized spacial score (nSPS) is 11.6. The number of halogens is 2. The summed E-state index contributed by atoms with van der Waals surface area (Å²) in [5.41, 5.74) is 3.12. The van der Waals surface area contributed by atoms with E-state index in [0.29, 0.717) is 38.4 Å². The van der Waals surface area contributed by atoms with Crippen LogP contribution in [0.3, 0.4) is 0 Å². The molecule has 150 valence electrons. The fourth-order valence-electron chi connectivity index (χ4n) is 3.34. The van der Waals surface area contributed by atoms with E-state index >= 15 is 0 Å². The minimum absolute atomic E-state index is 0.217. The summed E-state index contributed by atoms with van der Waals surface area (Å²) < 4.78 is 1.48. The molecule has 0 bridgehead atoms. The van der Waals surface area contributed by atoms with Crippen LogP contribution in [0.4, 0.5) is 0 Å². The SMILES string of the molecule is CC(C)c1ccc(/C=C/c2nc3ccccc3c(=O)n2-c2c(Cl)cccc2Cl)cc1. The summed E-state index contributed by atoms with van der Waals surface area (Å²) in [6.07, 6.45) is 3.75. The maximum atomic E-state index is 13.4. The second-order valence-electron chi connectivity index (χ2n) is 7.35. The van der Waals surface area contributed by atoms with E-state index in [1.165, 1.54) is 10.1 Å². The first-order valence-electron chi connectivity index (χ1n) is 9.70. The van der Waals surface area contributed by atoms with Crippen LogP contribution in [-0.2, 0) is 0 Å². The molecule has 0 amide bonds. The smallest absolute Gasteiger partial charge is 0.266 e. The number of aromatic nitrogens is 2. The van der Waals surface area contributed by atoms with Crippen molar-refractivity contribution in [1.29, 1.82) is 0 Å². The van der Waals surface area contributed by atoms with Gasteiger partial charge in [-0.15, -0.1) is 0 Å². The summed E-state index contributed by atoms with van der Waals surface area (Å²) in [5.74, 6) is 0.930. The summed E-state index contributed by atoms with van der Waals surface area (Å²) in [6, 6.07) is 20.7. The number of hydrogen-bond donors (Lipinski definition) is 0. The molecule has 3 nitrogen and oxygen atoms in total. The van der Waals surface area contributed by atoms with E-state index in [2.05, 4.69) is 38.1 Å². The van der Waals surface area contributed by atoms with Gasteiger partial charge in [-0.05, 0) is 47.4 Å². The number of nitrogens with zero attached hydrogens (tertiary/aromatic N) is 2. The second-order valence-corrected chi connectivity index (χ2v) is 8.17. The van der Waals surface area contributed by atoms with Crippen molar-refractivity contribution in [3.05, 3.63) is 104 Å². The molecule has 1 aromatic heterocycles. The Labute approximate surface area is 185 Å². The van der Waals surface area contributed by atoms with Crippen LogP contribution in [-0.4, -0.2) is 9.55 Å². The quantitative estimate of drug-likeness (QED) is 0.346. The van der Waals surface area contributed by atoms with Gasteiger partial charge in [0.2, 0.25) is 0 Å². The number of hydrogen-bond acceptors (Lipinski definition) is 2. The van der Waals surface area contributed by atoms with Crippen molar-refractivity contribution in [3.8, 4) is 5.69 Å². The Bertz CT molecular complexity index is 1290. The molecule has 0 saturated heterocycles. The minimum atomic E-state index is -0.217. The zero-order valence-electron chi connectivity index (χ0n) is 16.6. The lowest BCUT2D eigenvalue weighted by molar-refractivity contribution is 0.866. The van der Waals surface area contributed by atoms with Crippen LogP contribution in [0.15, 0.2) is 71.5 Å². The highest BCUT2D eigenvalue weighted by Gasteiger charge is 2.16. The maximum Gasteiger partial charge on any atom is 0.266 e. The Kier molecular flexibility index (Phi) is 5.76. The lowest BCUT2D eigenvalue weighted by Gasteiger charge is -2.14. The van der Waals surface area contributed by atoms with Gasteiger partial charge in [-0.1, -0.05) is 85.6 Å². The van der Waals surface area contributed by atoms with Gasteiger partial charge in [0.15, 0.2) is 0 Å². The highest BCUT2D eigenvalue weighted by Crippen LogP contribution is 2.29. The van der Waals surface area contributed by atoms with Crippen LogP contribution in [0.25, 0.3) is 28.7 Å². The Balaban J connectivity index is 1.91. The average Bonchev–Trinajstić information content (AvgIpc) is 2.74. The van der Waals surface area contributed by atoms with Gasteiger partial charge >= 0.3 is 0 Å². The van der Waals surface area contributed by atoms with Crippen molar-refractivity contribution < 1.29 is 0 Å². The van der Waals surface area contributed by atoms with Gasteiger partial charge in [0.05, 0.1) is 26.6 Å². The van der Waals surface area contributed by atoms with E-state index in [4.69, 9.17) is 28.2 Å². The highest BCUT2D eigenvalue weighted by atomic mass is 35.5. The molecule has 5 heteroatoms. The van der Waals surface area contributed by atoms with Crippen molar-refractivity contribution in [1.82, 2.24) is 9.55 Å². The molecular weight excluding hydrogens is 415 g/mol. The van der Waals surface area contributed by atoms with Crippen LogP contribution in [0.5, 0.6) is 0 Å². The van der Waals surface area contributed by atoms with Crippen LogP contribution < -0.4 is 5.56 Å². The molecular formula is C25H20Cl2N2O. The Morgan fingerprint density at radius 2 is 1.53 bits per heavy atom. The molecule has 0 fully saturated rings. The molecule has 0 aliphatic heterocycles. The fourth-order valence-corrected chi connectivity index (χ4v) is 3.91. The van der Waals surface area contributed by atoms with Crippen LogP contribution >= 0.6 is 23.2 Å². The van der Waals surface area contributed by atoms with Crippen molar-refractivity contribution >= 4 is 46.3 Å². The van der Waals surface area contributed by atoms with Gasteiger partial charge in [0.1, 0.15) is 5.82 Å². The summed E-state index contributed by atoms with van der Waals surface area (Å²) in [6.45, 7) is 4.33. The zero-order valence-corrected chi connectivity index (χ0v) is 18.2. The Morgan fingerprint density at radius 3 is 2.20 bits per heavy atom. The number of fused-ring (bicyclic) bond motifs is 1. The third kappa shape index (κ3) is 3.91. The molecule has 0 aliphatic rings. The summed E-state index contributed by atoms with van der Waals surface area (Å²) >= 11 is 12.9. The van der Waals surface area contributed by atoms with Gasteiger partial charge < -0.3 is 0 Å². The van der Waals surface area contributed by atoms with Crippen LogP contribution in [0.1, 0.15) is 36.7 Å². The average molecular weight is 435 g/mol. The first kappa shape index (κ1) is 20.4. The van der Waals surface area contributed by atoms with Crippen molar-refractivity contribution in [2.75, 3.05) is 0 Å². The van der Waals surface area contributed by atoms with Crippen molar-refractivity contribution in [2.45, 2.75) is 19.8 Å². The molecule has 1 heterocycles. The molecule has 4 rings (SSSR count). The molecule has 0 aliphatic carbocycles. The maximum absolute atomic E-state index is 13.4. The zero-order chi connectivity index (χ0) is 21.3. The molecule has 0 atom stereocenters. The van der Waals surface area contributed by atoms with E-state index in [1.54, 1.807) is 24.3 Å². The topological polar surface area (TPSA) is 34.9 Å². The van der Waals surface area contributed by atoms with E-state index < -0.39 is 0 Å². The molecule has 0 saturated carbocycles. The highest BCUT2D eigenvalue weighted by molar-refractivity contribution is 6.37. The van der Waals surface area contributed by atoms with Gasteiger partial charge in [0.25, 0.3) is 5.56 Å². The van der Waals surface area contributed by atoms with E-state index in [-0.39, 0.29) is 5.56 Å². The van der Waals surface area contributed by atoms with Crippen LogP contribution in [0.2, 0.25) is 10.0 Å². The van der Waals surface area contributed by atoms with E-state index in [9.17, 15) is 4.79 Å². The number of benzene rings is 3. The lowest BCUT2D eigenvalue weighted by atomic mass is 10.0. The molecule has 4 aromatic rings. The predicted molar refractivity (Wildman–Crippen MR) is 127 cm³/mol. The van der Waals surface area contributed by atoms with Crippen molar-refractivity contribution in [3.63, 3.8) is 0 Å². The summed E-state index contributed by atoms with van der Waals surface area (Å²) in [7, 11) is 0. The third-order valence-corrected chi connectivity index (χ3v) is 5.60. The van der Waals surface area contributed by atoms with Gasteiger partial charge in [0, 0.05) is 0 Å². The number of para-hydroxylation sites is 2. The van der Waals surface area contributed by atoms with Gasteiger partial charge in [-0.25, -0.2) is 4.98 Å². The molecule has 0 radical (unpaired) electrons. The molecule has 30 heavy (non-hydrogen) atoms. The van der Waals surface area contributed by atoms with E-state index in [1.807, 2.05) is 30.4 Å². The largest absolute Gasteiger partial charge is 0.268 e. The van der Waals surface area contributed by atoms with Crippen LogP contribution in [0, 0.1) is 0 Å². The van der Waals surface area contributed by atoms with Gasteiger partial charge in [-0.3, -0.25) is 9.36 Å². The monoisotopic (exact) mass is 434 g/mol. The van der Waals surface area contributed by atoms with E-state index in [0.717, 1.165) is 5.56 Å². The molecule has 3 aromatic carbocycles. The molecule has 0 unspecified atom stereocenters. The molecule has 0 spiro atoms. The fraction of sp³-hybridized carbons (Fsp3) is 0.120. The van der Waals surface area contributed by atoms with Crippen molar-refractivity contribution in [2.24, 2.45) is 0 Å². The summed E-state index contributed by atoms with van der Waals surface area (Å²) in [4.78, 5) is 18.1. The Hall–Kier alpha value is -2.88. The number of rotatable bonds is 4. The molecule has 0 N–H and O–H groups in total. The van der Waals surface area contributed by atoms with Gasteiger partial charge in [-0.2, -0.15) is 0 Å². The first-order valence-corrected chi connectivity index (χ1v) is 10.5. The minimum Gasteiger partial charge on any atom is -0.268 e.